The maximum atomic E-state index is 11.6. The third-order valence-electron chi connectivity index (χ3n) is 5.79. The number of carboxylic acid groups (broad SMARTS) is 1. The standard InChI is InChI=1S/C22H20ClN3O3S/c1-24-16-10-13(23)5-7-18(16)29-20(24)12-21-25(2)17-11-14(6-8-19(17)30-21)26-9-3-4-15(26)22(27)28/h5-8,10-12,15H,3-4,9H2,1-2H3/p+1. The van der Waals surface area contributed by atoms with Crippen LogP contribution in [0.5, 0.6) is 5.75 Å². The molecule has 154 valence electrons. The van der Waals surface area contributed by atoms with Crippen LogP contribution in [0.3, 0.4) is 0 Å². The van der Waals surface area contributed by atoms with Crippen molar-refractivity contribution in [2.24, 2.45) is 7.05 Å². The van der Waals surface area contributed by atoms with E-state index in [1.807, 2.05) is 54.2 Å². The maximum absolute atomic E-state index is 11.6. The van der Waals surface area contributed by atoms with Crippen LogP contribution in [-0.2, 0) is 11.8 Å². The largest absolute Gasteiger partial charge is 0.480 e. The van der Waals surface area contributed by atoms with Crippen LogP contribution >= 0.6 is 22.9 Å². The molecular formula is C22H21ClN3O3S+. The Morgan fingerprint density at radius 3 is 2.97 bits per heavy atom. The van der Waals surface area contributed by atoms with Crippen molar-refractivity contribution in [3.05, 3.63) is 52.3 Å². The molecule has 1 fully saturated rings. The van der Waals surface area contributed by atoms with E-state index in [0.29, 0.717) is 11.4 Å². The topological polar surface area (TPSA) is 56.9 Å². The molecule has 3 heterocycles. The van der Waals surface area contributed by atoms with Crippen molar-refractivity contribution in [2.45, 2.75) is 18.9 Å². The molecule has 0 bridgehead atoms. The second kappa shape index (κ2) is 7.18. The summed E-state index contributed by atoms with van der Waals surface area (Å²) in [5, 5.41) is 11.2. The number of fused-ring (bicyclic) bond motifs is 2. The highest BCUT2D eigenvalue weighted by Crippen LogP contribution is 2.40. The van der Waals surface area contributed by atoms with Gasteiger partial charge in [0.2, 0.25) is 11.4 Å². The van der Waals surface area contributed by atoms with Gasteiger partial charge in [-0.1, -0.05) is 22.9 Å². The van der Waals surface area contributed by atoms with Crippen molar-refractivity contribution in [1.29, 1.82) is 0 Å². The third kappa shape index (κ3) is 3.09. The Morgan fingerprint density at radius 1 is 1.33 bits per heavy atom. The lowest BCUT2D eigenvalue weighted by Gasteiger charge is -2.23. The SMILES string of the molecule is CN1/C(=C/c2sc3ccc(N4CCCC4C(=O)O)cc3[n+]2C)Oc2ccc(Cl)cc21. The van der Waals surface area contributed by atoms with Crippen LogP contribution in [0.15, 0.2) is 42.3 Å². The van der Waals surface area contributed by atoms with E-state index in [2.05, 4.69) is 16.7 Å². The average molecular weight is 443 g/mol. The van der Waals surface area contributed by atoms with Crippen molar-refractivity contribution in [3.8, 4) is 5.75 Å². The zero-order valence-electron chi connectivity index (χ0n) is 16.6. The van der Waals surface area contributed by atoms with Crippen molar-refractivity contribution < 1.29 is 19.2 Å². The zero-order valence-corrected chi connectivity index (χ0v) is 18.2. The van der Waals surface area contributed by atoms with Gasteiger partial charge in [0.25, 0.3) is 5.01 Å². The number of carbonyl (C=O) groups is 1. The number of rotatable bonds is 3. The molecule has 1 N–H and O–H groups in total. The van der Waals surface area contributed by atoms with Crippen LogP contribution < -0.4 is 19.1 Å². The van der Waals surface area contributed by atoms with Crippen LogP contribution in [0.1, 0.15) is 17.8 Å². The minimum absolute atomic E-state index is 0.446. The zero-order chi connectivity index (χ0) is 21.0. The van der Waals surface area contributed by atoms with Gasteiger partial charge in [-0.15, -0.1) is 0 Å². The first-order valence-corrected chi connectivity index (χ1v) is 11.0. The Hall–Kier alpha value is -2.77. The Morgan fingerprint density at radius 2 is 2.17 bits per heavy atom. The molecule has 0 saturated carbocycles. The molecule has 1 saturated heterocycles. The molecule has 5 rings (SSSR count). The number of hydrogen-bond acceptors (Lipinski definition) is 5. The van der Waals surface area contributed by atoms with Crippen LogP contribution in [0.25, 0.3) is 16.3 Å². The first-order valence-electron chi connectivity index (χ1n) is 9.77. The number of halogens is 1. The first kappa shape index (κ1) is 19.2. The van der Waals surface area contributed by atoms with Crippen molar-refractivity contribution in [3.63, 3.8) is 0 Å². The Bertz CT molecular complexity index is 1210. The Kier molecular flexibility index (Phi) is 4.60. The lowest BCUT2D eigenvalue weighted by molar-refractivity contribution is -0.642. The molecule has 1 unspecified atom stereocenters. The van der Waals surface area contributed by atoms with Gasteiger partial charge < -0.3 is 19.6 Å². The summed E-state index contributed by atoms with van der Waals surface area (Å²) in [6.45, 7) is 0.771. The number of anilines is 2. The smallest absolute Gasteiger partial charge is 0.326 e. The summed E-state index contributed by atoms with van der Waals surface area (Å²) >= 11 is 7.80. The number of nitrogens with zero attached hydrogens (tertiary/aromatic N) is 3. The number of carboxylic acids is 1. The lowest BCUT2D eigenvalue weighted by Crippen LogP contribution is -2.36. The van der Waals surface area contributed by atoms with Crippen LogP contribution in [0.4, 0.5) is 11.4 Å². The van der Waals surface area contributed by atoms with Gasteiger partial charge in [0.1, 0.15) is 17.8 Å². The van der Waals surface area contributed by atoms with E-state index in [9.17, 15) is 9.90 Å². The summed E-state index contributed by atoms with van der Waals surface area (Å²) in [6, 6.07) is 11.3. The molecule has 0 amide bonds. The normalized spacial score (nSPS) is 19.6. The molecular weight excluding hydrogens is 422 g/mol. The van der Waals surface area contributed by atoms with Gasteiger partial charge in [-0.05, 0) is 43.2 Å². The van der Waals surface area contributed by atoms with E-state index in [-0.39, 0.29) is 0 Å². The van der Waals surface area contributed by atoms with Gasteiger partial charge in [-0.3, -0.25) is 0 Å². The molecule has 2 aliphatic heterocycles. The second-order valence-electron chi connectivity index (χ2n) is 7.60. The number of ether oxygens (including phenoxy) is 1. The van der Waals surface area contributed by atoms with Crippen LogP contribution in [0, 0.1) is 0 Å². The van der Waals surface area contributed by atoms with Gasteiger partial charge in [-0.2, -0.15) is 4.57 Å². The summed E-state index contributed by atoms with van der Waals surface area (Å²) in [5.41, 5.74) is 2.96. The fourth-order valence-electron chi connectivity index (χ4n) is 4.16. The summed E-state index contributed by atoms with van der Waals surface area (Å²) in [7, 11) is 3.98. The van der Waals surface area contributed by atoms with Crippen LogP contribution in [0.2, 0.25) is 5.02 Å². The fourth-order valence-corrected chi connectivity index (χ4v) is 5.39. The molecule has 30 heavy (non-hydrogen) atoms. The molecule has 1 aromatic heterocycles. The molecule has 6 nitrogen and oxygen atoms in total. The third-order valence-corrected chi connectivity index (χ3v) is 7.19. The maximum Gasteiger partial charge on any atom is 0.326 e. The molecule has 3 aromatic rings. The monoisotopic (exact) mass is 442 g/mol. The Labute approximate surface area is 183 Å². The van der Waals surface area contributed by atoms with E-state index >= 15 is 0 Å². The van der Waals surface area contributed by atoms with Crippen molar-refractivity contribution >= 4 is 56.6 Å². The number of aromatic nitrogens is 1. The molecule has 0 aliphatic carbocycles. The van der Waals surface area contributed by atoms with E-state index < -0.39 is 12.0 Å². The van der Waals surface area contributed by atoms with Crippen molar-refractivity contribution in [1.82, 2.24) is 0 Å². The van der Waals surface area contributed by atoms with Gasteiger partial charge in [0.05, 0.1) is 11.8 Å². The minimum atomic E-state index is -0.756. The highest BCUT2D eigenvalue weighted by Gasteiger charge is 2.32. The predicted molar refractivity (Wildman–Crippen MR) is 119 cm³/mol. The van der Waals surface area contributed by atoms with Gasteiger partial charge in [0.15, 0.2) is 5.75 Å². The number of thiazole rings is 1. The molecule has 1 atom stereocenters. The van der Waals surface area contributed by atoms with E-state index in [0.717, 1.165) is 51.2 Å². The summed E-state index contributed by atoms with van der Waals surface area (Å²) in [6.07, 6.45) is 3.61. The first-order chi connectivity index (χ1) is 14.4. The summed E-state index contributed by atoms with van der Waals surface area (Å²) in [4.78, 5) is 15.6. The molecule has 2 aromatic carbocycles. The van der Waals surface area contributed by atoms with Crippen molar-refractivity contribution in [2.75, 3.05) is 23.4 Å². The van der Waals surface area contributed by atoms with Gasteiger partial charge in [-0.25, -0.2) is 4.79 Å². The van der Waals surface area contributed by atoms with E-state index in [1.54, 1.807) is 11.3 Å². The fraction of sp³-hybridized carbons (Fsp3) is 0.273. The molecule has 0 radical (unpaired) electrons. The quantitative estimate of drug-likeness (QED) is 0.614. The summed E-state index contributed by atoms with van der Waals surface area (Å²) in [5.74, 6) is 0.766. The molecule has 0 spiro atoms. The van der Waals surface area contributed by atoms with Crippen LogP contribution in [-0.4, -0.2) is 30.7 Å². The number of aliphatic carboxylic acids is 1. The van der Waals surface area contributed by atoms with E-state index in [4.69, 9.17) is 16.3 Å². The minimum Gasteiger partial charge on any atom is -0.480 e. The second-order valence-corrected chi connectivity index (χ2v) is 9.10. The number of aryl methyl sites for hydroxylation is 1. The average Bonchev–Trinajstić information content (AvgIpc) is 3.41. The molecule has 8 heteroatoms. The predicted octanol–water partition coefficient (Wildman–Crippen LogP) is 4.26. The van der Waals surface area contributed by atoms with Gasteiger partial charge >= 0.3 is 5.97 Å². The Balaban J connectivity index is 1.50. The van der Waals surface area contributed by atoms with Gasteiger partial charge in [0, 0.05) is 30.4 Å². The van der Waals surface area contributed by atoms with E-state index in [1.165, 1.54) is 0 Å². The highest BCUT2D eigenvalue weighted by atomic mass is 35.5. The summed E-state index contributed by atoms with van der Waals surface area (Å²) < 4.78 is 9.28. The number of benzene rings is 2. The molecule has 2 aliphatic rings. The highest BCUT2D eigenvalue weighted by molar-refractivity contribution is 7.18. The number of hydrogen-bond donors (Lipinski definition) is 1. The lowest BCUT2D eigenvalue weighted by atomic mass is 10.2.